The highest BCUT2D eigenvalue weighted by molar-refractivity contribution is 5.09. The molecule has 0 saturated heterocycles. The molecule has 1 aliphatic carbocycles. The topological polar surface area (TPSA) is 86.7 Å². The fourth-order valence-corrected chi connectivity index (χ4v) is 0.900. The van der Waals surface area contributed by atoms with E-state index in [0.717, 1.165) is 0 Å². The van der Waals surface area contributed by atoms with Crippen LogP contribution in [-0.2, 0) is 0 Å². The molecular weight excluding hydrogens is 134 g/mol. The van der Waals surface area contributed by atoms with Crippen molar-refractivity contribution in [2.45, 2.75) is 24.4 Å². The fourth-order valence-electron chi connectivity index (χ4n) is 0.900. The lowest BCUT2D eigenvalue weighted by Gasteiger charge is -2.28. The van der Waals surface area contributed by atoms with Crippen molar-refractivity contribution in [2.24, 2.45) is 5.73 Å². The fraction of sp³-hybridized carbons (Fsp3) is 0.667. The maximum atomic E-state index is 9.03. The van der Waals surface area contributed by atoms with Crippen LogP contribution in [0, 0.1) is 0 Å². The molecule has 0 saturated carbocycles. The van der Waals surface area contributed by atoms with Gasteiger partial charge in [0, 0.05) is 0 Å². The molecule has 0 spiro atoms. The largest absolute Gasteiger partial charge is 0.388 e. The Bertz CT molecular complexity index is 132. The van der Waals surface area contributed by atoms with Crippen LogP contribution < -0.4 is 5.73 Å². The van der Waals surface area contributed by atoms with Gasteiger partial charge in [0.2, 0.25) is 0 Å². The number of aliphatic hydroxyl groups is 3. The van der Waals surface area contributed by atoms with Gasteiger partial charge in [-0.25, -0.2) is 0 Å². The van der Waals surface area contributed by atoms with Crippen LogP contribution in [0.5, 0.6) is 0 Å². The minimum Gasteiger partial charge on any atom is -0.388 e. The Balaban J connectivity index is 2.69. The molecule has 0 aromatic heterocycles. The van der Waals surface area contributed by atoms with Crippen LogP contribution in [-0.4, -0.2) is 39.7 Å². The van der Waals surface area contributed by atoms with E-state index in [4.69, 9.17) is 21.1 Å². The molecule has 0 unspecified atom stereocenters. The maximum Gasteiger partial charge on any atom is 0.111 e. The molecule has 0 aromatic rings. The summed E-state index contributed by atoms with van der Waals surface area (Å²) in [6.07, 6.45) is -0.348. The van der Waals surface area contributed by atoms with E-state index in [2.05, 4.69) is 0 Å². The molecule has 10 heavy (non-hydrogen) atoms. The molecule has 0 amide bonds. The van der Waals surface area contributed by atoms with Crippen LogP contribution in [0.1, 0.15) is 0 Å². The summed E-state index contributed by atoms with van der Waals surface area (Å²) in [5, 5.41) is 26.9. The standard InChI is InChI=1S/C6H11NO3/c7-3-1-2-4(8)6(10)5(3)9/h1-6,8-10H,7H2/t3-,4+,5-,6+/m1/s1. The lowest BCUT2D eigenvalue weighted by molar-refractivity contribution is -0.0518. The molecule has 0 aromatic carbocycles. The van der Waals surface area contributed by atoms with Crippen molar-refractivity contribution in [1.82, 2.24) is 0 Å². The van der Waals surface area contributed by atoms with Crippen molar-refractivity contribution in [3.05, 3.63) is 12.2 Å². The zero-order chi connectivity index (χ0) is 7.72. The second-order valence-electron chi connectivity index (χ2n) is 2.43. The number of hydrogen-bond acceptors (Lipinski definition) is 4. The Labute approximate surface area is 58.6 Å². The van der Waals surface area contributed by atoms with Gasteiger partial charge in [-0.05, 0) is 0 Å². The minimum absolute atomic E-state index is 0.571. The van der Waals surface area contributed by atoms with E-state index in [1.165, 1.54) is 12.2 Å². The lowest BCUT2D eigenvalue weighted by atomic mass is 9.95. The first-order valence-corrected chi connectivity index (χ1v) is 3.11. The summed E-state index contributed by atoms with van der Waals surface area (Å²) in [5.41, 5.74) is 5.32. The third-order valence-electron chi connectivity index (χ3n) is 1.62. The Morgan fingerprint density at radius 3 is 2.10 bits per heavy atom. The zero-order valence-electron chi connectivity index (χ0n) is 5.38. The van der Waals surface area contributed by atoms with Crippen molar-refractivity contribution in [1.29, 1.82) is 0 Å². The van der Waals surface area contributed by atoms with Gasteiger partial charge in [0.05, 0.1) is 6.04 Å². The highest BCUT2D eigenvalue weighted by Crippen LogP contribution is 2.11. The molecular formula is C6H11NO3. The molecule has 5 N–H and O–H groups in total. The van der Waals surface area contributed by atoms with E-state index < -0.39 is 24.4 Å². The van der Waals surface area contributed by atoms with Gasteiger partial charge < -0.3 is 21.1 Å². The van der Waals surface area contributed by atoms with Gasteiger partial charge in [0.1, 0.15) is 18.3 Å². The Morgan fingerprint density at radius 2 is 1.60 bits per heavy atom. The number of hydrogen-bond donors (Lipinski definition) is 4. The van der Waals surface area contributed by atoms with E-state index in [0.29, 0.717) is 0 Å². The third-order valence-corrected chi connectivity index (χ3v) is 1.62. The van der Waals surface area contributed by atoms with E-state index >= 15 is 0 Å². The Hall–Kier alpha value is -0.420. The SMILES string of the molecule is N[C@@H]1C=C[C@H](O)[C@H](O)[C@@H]1O. The number of rotatable bonds is 0. The summed E-state index contributed by atoms with van der Waals surface area (Å²) in [6.45, 7) is 0. The van der Waals surface area contributed by atoms with Crippen LogP contribution >= 0.6 is 0 Å². The molecule has 0 radical (unpaired) electrons. The van der Waals surface area contributed by atoms with Crippen molar-refractivity contribution in [2.75, 3.05) is 0 Å². The molecule has 1 rings (SSSR count). The second-order valence-corrected chi connectivity index (χ2v) is 2.43. The van der Waals surface area contributed by atoms with Crippen LogP contribution in [0.15, 0.2) is 12.2 Å². The summed E-state index contributed by atoms with van der Waals surface area (Å²) in [4.78, 5) is 0. The van der Waals surface area contributed by atoms with Crippen LogP contribution in [0.2, 0.25) is 0 Å². The summed E-state index contributed by atoms with van der Waals surface area (Å²) in [5.74, 6) is 0. The quantitative estimate of drug-likeness (QED) is 0.296. The maximum absolute atomic E-state index is 9.03. The van der Waals surface area contributed by atoms with E-state index in [1.807, 2.05) is 0 Å². The summed E-state index contributed by atoms with van der Waals surface area (Å²) >= 11 is 0. The van der Waals surface area contributed by atoms with Gasteiger partial charge in [-0.1, -0.05) is 12.2 Å². The van der Waals surface area contributed by atoms with E-state index in [-0.39, 0.29) is 0 Å². The monoisotopic (exact) mass is 145 g/mol. The number of aliphatic hydroxyl groups excluding tert-OH is 3. The van der Waals surface area contributed by atoms with Gasteiger partial charge in [-0.15, -0.1) is 0 Å². The first-order chi connectivity index (χ1) is 4.63. The predicted molar refractivity (Wildman–Crippen MR) is 35.1 cm³/mol. The van der Waals surface area contributed by atoms with Crippen molar-refractivity contribution < 1.29 is 15.3 Å². The molecule has 0 fully saturated rings. The van der Waals surface area contributed by atoms with Crippen LogP contribution in [0.3, 0.4) is 0 Å². The van der Waals surface area contributed by atoms with Gasteiger partial charge in [-0.3, -0.25) is 0 Å². The van der Waals surface area contributed by atoms with Gasteiger partial charge in [-0.2, -0.15) is 0 Å². The van der Waals surface area contributed by atoms with Gasteiger partial charge >= 0.3 is 0 Å². The average molecular weight is 145 g/mol. The van der Waals surface area contributed by atoms with E-state index in [9.17, 15) is 0 Å². The highest BCUT2D eigenvalue weighted by atomic mass is 16.4. The molecule has 0 bridgehead atoms. The normalized spacial score (nSPS) is 47.6. The molecule has 4 heteroatoms. The molecule has 4 atom stereocenters. The molecule has 0 heterocycles. The summed E-state index contributed by atoms with van der Waals surface area (Å²) < 4.78 is 0. The van der Waals surface area contributed by atoms with Crippen molar-refractivity contribution >= 4 is 0 Å². The van der Waals surface area contributed by atoms with Crippen LogP contribution in [0.4, 0.5) is 0 Å². The molecule has 0 aliphatic heterocycles. The smallest absolute Gasteiger partial charge is 0.111 e. The Kier molecular flexibility index (Phi) is 2.05. The average Bonchev–Trinajstić information content (AvgIpc) is 1.93. The zero-order valence-corrected chi connectivity index (χ0v) is 5.38. The molecule has 4 nitrogen and oxygen atoms in total. The molecule has 1 aliphatic rings. The van der Waals surface area contributed by atoms with Gasteiger partial charge in [0.15, 0.2) is 0 Å². The minimum atomic E-state index is -1.15. The van der Waals surface area contributed by atoms with Crippen molar-refractivity contribution in [3.8, 4) is 0 Å². The predicted octanol–water partition coefficient (Wildman–Crippen LogP) is -2.03. The second kappa shape index (κ2) is 2.67. The van der Waals surface area contributed by atoms with Gasteiger partial charge in [0.25, 0.3) is 0 Å². The first-order valence-electron chi connectivity index (χ1n) is 3.11. The first kappa shape index (κ1) is 7.68. The molecule has 58 valence electrons. The Morgan fingerprint density at radius 1 is 1.00 bits per heavy atom. The lowest BCUT2D eigenvalue weighted by Crippen LogP contribution is -2.49. The van der Waals surface area contributed by atoms with Crippen molar-refractivity contribution in [3.63, 3.8) is 0 Å². The van der Waals surface area contributed by atoms with Crippen LogP contribution in [0.25, 0.3) is 0 Å². The third kappa shape index (κ3) is 1.19. The summed E-state index contributed by atoms with van der Waals surface area (Å²) in [7, 11) is 0. The van der Waals surface area contributed by atoms with E-state index in [1.54, 1.807) is 0 Å². The highest BCUT2D eigenvalue weighted by Gasteiger charge is 2.30. The summed E-state index contributed by atoms with van der Waals surface area (Å²) in [6, 6.07) is -0.571. The number of nitrogens with two attached hydrogens (primary N) is 1.